The van der Waals surface area contributed by atoms with Crippen LogP contribution in [0.25, 0.3) is 0 Å². The number of aliphatic imine (C=N–C) groups is 1. The first kappa shape index (κ1) is 22.2. The number of halogens is 2. The van der Waals surface area contributed by atoms with Crippen LogP contribution in [0.15, 0.2) is 35.6 Å². The van der Waals surface area contributed by atoms with Gasteiger partial charge in [-0.3, -0.25) is 9.67 Å². The molecule has 1 aromatic heterocycles. The summed E-state index contributed by atoms with van der Waals surface area (Å²) in [6, 6.07) is 4.68. The van der Waals surface area contributed by atoms with Crippen LogP contribution in [0.3, 0.4) is 0 Å². The Kier molecular flexibility index (Phi) is 7.43. The minimum Gasteiger partial charge on any atom is -0.356 e. The molecule has 0 saturated carbocycles. The second-order valence-electron chi connectivity index (χ2n) is 7.74. The van der Waals surface area contributed by atoms with Gasteiger partial charge in [0.15, 0.2) is 5.96 Å². The first-order valence-corrected chi connectivity index (χ1v) is 9.57. The second-order valence-corrected chi connectivity index (χ2v) is 8.15. The zero-order valence-electron chi connectivity index (χ0n) is 17.4. The minimum absolute atomic E-state index is 0.159. The largest absolute Gasteiger partial charge is 0.356 e. The topological polar surface area (TPSA) is 57.5 Å². The Morgan fingerprint density at radius 2 is 2.07 bits per heavy atom. The first-order chi connectivity index (χ1) is 13.1. The molecule has 1 atom stereocenters. The number of aryl methyl sites for hydroxylation is 1. The molecule has 0 radical (unpaired) electrons. The summed E-state index contributed by atoms with van der Waals surface area (Å²) >= 11 is 6.24. The number of hydrogen-bond donors (Lipinski definition) is 2. The number of nitrogens with zero attached hydrogens (tertiary/aromatic N) is 4. The normalized spacial score (nSPS) is 13.7. The fourth-order valence-electron chi connectivity index (χ4n) is 3.06. The van der Waals surface area contributed by atoms with E-state index in [0.29, 0.717) is 24.1 Å². The zero-order chi connectivity index (χ0) is 20.9. The van der Waals surface area contributed by atoms with Crippen LogP contribution >= 0.6 is 11.6 Å². The second kappa shape index (κ2) is 9.39. The van der Waals surface area contributed by atoms with Crippen molar-refractivity contribution in [3.05, 3.63) is 52.6 Å². The highest BCUT2D eigenvalue weighted by Gasteiger charge is 2.24. The van der Waals surface area contributed by atoms with Crippen molar-refractivity contribution in [2.75, 3.05) is 34.2 Å². The molecule has 0 aliphatic heterocycles. The van der Waals surface area contributed by atoms with Gasteiger partial charge in [-0.25, -0.2) is 4.39 Å². The number of rotatable bonds is 7. The molecule has 1 aromatic carbocycles. The van der Waals surface area contributed by atoms with E-state index in [1.807, 2.05) is 33.5 Å². The molecule has 0 bridgehead atoms. The molecule has 8 heteroatoms. The van der Waals surface area contributed by atoms with Crippen LogP contribution in [0.2, 0.25) is 5.02 Å². The van der Waals surface area contributed by atoms with Gasteiger partial charge < -0.3 is 15.5 Å². The molecule has 0 saturated heterocycles. The van der Waals surface area contributed by atoms with Crippen molar-refractivity contribution >= 4 is 17.6 Å². The van der Waals surface area contributed by atoms with Crippen molar-refractivity contribution in [3.8, 4) is 0 Å². The minimum atomic E-state index is -0.333. The monoisotopic (exact) mass is 408 g/mol. The molecular formula is C20H30ClFN6. The van der Waals surface area contributed by atoms with Crippen molar-refractivity contribution in [1.29, 1.82) is 0 Å². The highest BCUT2D eigenvalue weighted by molar-refractivity contribution is 6.31. The van der Waals surface area contributed by atoms with Gasteiger partial charge in [-0.05, 0) is 31.8 Å². The molecule has 1 heterocycles. The average molecular weight is 409 g/mol. The maximum Gasteiger partial charge on any atom is 0.191 e. The van der Waals surface area contributed by atoms with E-state index in [1.54, 1.807) is 17.8 Å². The lowest BCUT2D eigenvalue weighted by atomic mass is 9.84. The summed E-state index contributed by atoms with van der Waals surface area (Å²) < 4.78 is 15.1. The molecule has 0 aliphatic rings. The molecule has 0 amide bonds. The third-order valence-electron chi connectivity index (χ3n) is 4.78. The van der Waals surface area contributed by atoms with Gasteiger partial charge in [0.05, 0.1) is 12.2 Å². The van der Waals surface area contributed by atoms with Gasteiger partial charge in [0.1, 0.15) is 5.82 Å². The molecule has 0 fully saturated rings. The van der Waals surface area contributed by atoms with Crippen molar-refractivity contribution < 1.29 is 4.39 Å². The lowest BCUT2D eigenvalue weighted by molar-refractivity contribution is 0.298. The summed E-state index contributed by atoms with van der Waals surface area (Å²) in [4.78, 5) is 6.45. The van der Waals surface area contributed by atoms with Crippen LogP contribution < -0.4 is 10.6 Å². The van der Waals surface area contributed by atoms with Crippen molar-refractivity contribution in [3.63, 3.8) is 0 Å². The van der Waals surface area contributed by atoms with Crippen molar-refractivity contribution in [2.24, 2.45) is 12.0 Å². The molecule has 2 aromatic rings. The quantitative estimate of drug-likeness (QED) is 0.546. The van der Waals surface area contributed by atoms with Gasteiger partial charge in [0, 0.05) is 49.4 Å². The zero-order valence-corrected chi connectivity index (χ0v) is 18.2. The van der Waals surface area contributed by atoms with E-state index in [2.05, 4.69) is 39.5 Å². The van der Waals surface area contributed by atoms with Gasteiger partial charge in [-0.15, -0.1) is 0 Å². The molecule has 2 rings (SSSR count). The molecular weight excluding hydrogens is 379 g/mol. The number of hydrogen-bond acceptors (Lipinski definition) is 3. The SMILES string of the molecule is CN=C(NCC(c1cnn(C)c1)N(C)C)NCC(C)(C)c1ccc(F)cc1Cl. The Labute approximate surface area is 171 Å². The molecule has 154 valence electrons. The number of likely N-dealkylation sites (N-methyl/N-ethyl adjacent to an activating group) is 1. The first-order valence-electron chi connectivity index (χ1n) is 9.19. The van der Waals surface area contributed by atoms with Crippen LogP contribution in [0.5, 0.6) is 0 Å². The number of aromatic nitrogens is 2. The molecule has 1 unspecified atom stereocenters. The summed E-state index contributed by atoms with van der Waals surface area (Å²) in [5.74, 6) is 0.363. The Morgan fingerprint density at radius 1 is 1.36 bits per heavy atom. The fourth-order valence-corrected chi connectivity index (χ4v) is 3.49. The predicted octanol–water partition coefficient (Wildman–Crippen LogP) is 2.96. The van der Waals surface area contributed by atoms with E-state index in [9.17, 15) is 4.39 Å². The summed E-state index contributed by atoms with van der Waals surface area (Å²) in [5, 5.41) is 11.4. The van der Waals surface area contributed by atoms with Gasteiger partial charge in [0.2, 0.25) is 0 Å². The standard InChI is InChI=1S/C20H30ClFN6/c1-20(2,16-8-7-15(22)9-17(16)21)13-25-19(23-3)24-11-18(27(4)5)14-10-26-28(6)12-14/h7-10,12,18H,11,13H2,1-6H3,(H2,23,24,25). The van der Waals surface area contributed by atoms with Gasteiger partial charge >= 0.3 is 0 Å². The summed E-state index contributed by atoms with van der Waals surface area (Å²) in [5.41, 5.74) is 1.72. The van der Waals surface area contributed by atoms with E-state index in [1.165, 1.54) is 12.1 Å². The van der Waals surface area contributed by atoms with Crippen molar-refractivity contribution in [1.82, 2.24) is 25.3 Å². The Bertz CT molecular complexity index is 815. The predicted molar refractivity (Wildman–Crippen MR) is 113 cm³/mol. The van der Waals surface area contributed by atoms with E-state index in [-0.39, 0.29) is 17.3 Å². The highest BCUT2D eigenvalue weighted by Crippen LogP contribution is 2.29. The van der Waals surface area contributed by atoms with Crippen LogP contribution in [-0.2, 0) is 12.5 Å². The van der Waals surface area contributed by atoms with Gasteiger partial charge in [-0.2, -0.15) is 5.10 Å². The molecule has 6 nitrogen and oxygen atoms in total. The van der Waals surface area contributed by atoms with Crippen molar-refractivity contribution in [2.45, 2.75) is 25.3 Å². The molecule has 2 N–H and O–H groups in total. The Hall–Kier alpha value is -2.12. The Balaban J connectivity index is 2.00. The molecule has 0 aliphatic carbocycles. The lowest BCUT2D eigenvalue weighted by Gasteiger charge is -2.29. The third-order valence-corrected chi connectivity index (χ3v) is 5.09. The van der Waals surface area contributed by atoms with Crippen LogP contribution in [0, 0.1) is 5.82 Å². The highest BCUT2D eigenvalue weighted by atomic mass is 35.5. The smallest absolute Gasteiger partial charge is 0.191 e. The van der Waals surface area contributed by atoms with Crippen LogP contribution in [0.4, 0.5) is 4.39 Å². The number of guanidine groups is 1. The summed E-state index contributed by atoms with van der Waals surface area (Å²) in [7, 11) is 7.72. The third kappa shape index (κ3) is 5.69. The molecule has 28 heavy (non-hydrogen) atoms. The van der Waals surface area contributed by atoms with E-state index in [0.717, 1.165) is 11.1 Å². The summed E-state index contributed by atoms with van der Waals surface area (Å²) in [6.45, 7) is 5.39. The summed E-state index contributed by atoms with van der Waals surface area (Å²) in [6.07, 6.45) is 3.89. The fraction of sp³-hybridized carbons (Fsp3) is 0.500. The van der Waals surface area contributed by atoms with Crippen LogP contribution in [0.1, 0.15) is 31.0 Å². The van der Waals surface area contributed by atoms with E-state index < -0.39 is 0 Å². The molecule has 0 spiro atoms. The average Bonchev–Trinajstić information content (AvgIpc) is 3.03. The maximum absolute atomic E-state index is 13.3. The maximum atomic E-state index is 13.3. The van der Waals surface area contributed by atoms with Gasteiger partial charge in [0.25, 0.3) is 0 Å². The lowest BCUT2D eigenvalue weighted by Crippen LogP contribution is -2.45. The number of nitrogens with one attached hydrogen (secondary N) is 2. The van der Waals surface area contributed by atoms with Crippen LogP contribution in [-0.4, -0.2) is 54.9 Å². The number of benzene rings is 1. The Morgan fingerprint density at radius 3 is 2.61 bits per heavy atom. The van der Waals surface area contributed by atoms with E-state index >= 15 is 0 Å². The van der Waals surface area contributed by atoms with Gasteiger partial charge in [-0.1, -0.05) is 31.5 Å². The van der Waals surface area contributed by atoms with E-state index in [4.69, 9.17) is 11.6 Å².